The minimum atomic E-state index is -3.73. The minimum absolute atomic E-state index is 0.0441. The van der Waals surface area contributed by atoms with Crippen LogP contribution in [0.2, 0.25) is 0 Å². The molecule has 7 nitrogen and oxygen atoms in total. The van der Waals surface area contributed by atoms with E-state index in [4.69, 9.17) is 4.74 Å². The number of rotatable bonds is 4. The smallest absolute Gasteiger partial charge is 0.326 e. The molecule has 0 aromatic heterocycles. The van der Waals surface area contributed by atoms with E-state index < -0.39 is 16.0 Å². The first-order chi connectivity index (χ1) is 10.9. The average molecular weight is 343 g/mol. The highest BCUT2D eigenvalue weighted by Crippen LogP contribution is 2.39. The summed E-state index contributed by atoms with van der Waals surface area (Å²) in [7, 11) is -2.32. The predicted octanol–water partition coefficient (Wildman–Crippen LogP) is 0.479. The summed E-state index contributed by atoms with van der Waals surface area (Å²) in [6.45, 7) is 1.15. The molecule has 1 atom stereocenters. The van der Waals surface area contributed by atoms with Gasteiger partial charge < -0.3 is 10.1 Å². The Bertz CT molecular complexity index is 719. The zero-order valence-electron chi connectivity index (χ0n) is 12.7. The third-order valence-corrected chi connectivity index (χ3v) is 5.91. The third kappa shape index (κ3) is 2.86. The highest BCUT2D eigenvalue weighted by atomic mass is 32.2. The Morgan fingerprint density at radius 1 is 1.43 bits per heavy atom. The molecule has 0 unspecified atom stereocenters. The summed E-state index contributed by atoms with van der Waals surface area (Å²) in [5, 5.41) is 2.71. The van der Waals surface area contributed by atoms with E-state index in [-0.39, 0.29) is 30.6 Å². The van der Waals surface area contributed by atoms with E-state index in [0.29, 0.717) is 25.3 Å². The van der Waals surface area contributed by atoms with Crippen LogP contribution in [0.15, 0.2) is 18.2 Å². The number of benzene rings is 1. The molecule has 3 rings (SSSR count). The number of nitrogens with zero attached hydrogens (tertiary/aromatic N) is 2. The lowest BCUT2D eigenvalue weighted by atomic mass is 10.1. The number of hydrogen-bond donors (Lipinski definition) is 1. The van der Waals surface area contributed by atoms with E-state index in [1.165, 1.54) is 25.2 Å². The van der Waals surface area contributed by atoms with Gasteiger partial charge >= 0.3 is 10.2 Å². The molecule has 1 aromatic rings. The van der Waals surface area contributed by atoms with Gasteiger partial charge in [-0.05, 0) is 18.6 Å². The number of halogens is 1. The van der Waals surface area contributed by atoms with Crippen LogP contribution in [0.25, 0.3) is 0 Å². The lowest BCUT2D eigenvalue weighted by Gasteiger charge is -2.19. The molecule has 0 bridgehead atoms. The second-order valence-electron chi connectivity index (χ2n) is 5.53. The van der Waals surface area contributed by atoms with Crippen molar-refractivity contribution in [2.45, 2.75) is 6.42 Å². The molecule has 0 saturated carbocycles. The molecule has 1 fully saturated rings. The van der Waals surface area contributed by atoms with Crippen molar-refractivity contribution in [3.05, 3.63) is 24.0 Å². The quantitative estimate of drug-likeness (QED) is 0.862. The molecule has 2 aliphatic rings. The predicted molar refractivity (Wildman–Crippen MR) is 83.0 cm³/mol. The Hall–Kier alpha value is -1.87. The molecular weight excluding hydrogens is 325 g/mol. The Morgan fingerprint density at radius 3 is 2.91 bits per heavy atom. The first-order valence-electron chi connectivity index (χ1n) is 7.33. The van der Waals surface area contributed by atoms with E-state index >= 15 is 0 Å². The number of fused-ring (bicyclic) bond motifs is 1. The molecule has 9 heteroatoms. The van der Waals surface area contributed by atoms with E-state index in [2.05, 4.69) is 5.32 Å². The van der Waals surface area contributed by atoms with Crippen molar-refractivity contribution in [3.63, 3.8) is 0 Å². The lowest BCUT2D eigenvalue weighted by molar-refractivity contribution is -0.124. The number of nitrogens with one attached hydrogen (secondary N) is 1. The van der Waals surface area contributed by atoms with Gasteiger partial charge in [-0.25, -0.2) is 8.70 Å². The van der Waals surface area contributed by atoms with Crippen LogP contribution in [0.3, 0.4) is 0 Å². The molecule has 2 aliphatic heterocycles. The molecule has 0 spiro atoms. The van der Waals surface area contributed by atoms with Crippen molar-refractivity contribution in [1.29, 1.82) is 0 Å². The monoisotopic (exact) mass is 343 g/mol. The van der Waals surface area contributed by atoms with E-state index in [1.807, 2.05) is 0 Å². The zero-order chi connectivity index (χ0) is 16.6. The van der Waals surface area contributed by atoms with Gasteiger partial charge in [-0.15, -0.1) is 0 Å². The molecule has 23 heavy (non-hydrogen) atoms. The van der Waals surface area contributed by atoms with Crippen molar-refractivity contribution in [3.8, 4) is 0 Å². The van der Waals surface area contributed by atoms with E-state index in [1.54, 1.807) is 0 Å². The number of anilines is 2. The fourth-order valence-corrected chi connectivity index (χ4v) is 4.18. The molecule has 126 valence electrons. The van der Waals surface area contributed by atoms with E-state index in [9.17, 15) is 17.6 Å². The van der Waals surface area contributed by atoms with Crippen molar-refractivity contribution in [2.75, 3.05) is 42.0 Å². The van der Waals surface area contributed by atoms with Gasteiger partial charge in [0.1, 0.15) is 5.82 Å². The van der Waals surface area contributed by atoms with Gasteiger partial charge in [0.2, 0.25) is 5.91 Å². The van der Waals surface area contributed by atoms with Crippen LogP contribution in [0.5, 0.6) is 0 Å². The number of carbonyl (C=O) groups excluding carboxylic acids is 1. The van der Waals surface area contributed by atoms with Crippen LogP contribution in [0.1, 0.15) is 6.42 Å². The number of carbonyl (C=O) groups is 1. The van der Waals surface area contributed by atoms with Gasteiger partial charge in [0.25, 0.3) is 0 Å². The fourth-order valence-electron chi connectivity index (χ4n) is 2.76. The summed E-state index contributed by atoms with van der Waals surface area (Å²) in [5.41, 5.74) is 0.702. The maximum Gasteiger partial charge on any atom is 0.326 e. The topological polar surface area (TPSA) is 79.0 Å². The van der Waals surface area contributed by atoms with Gasteiger partial charge in [0.15, 0.2) is 0 Å². The third-order valence-electron chi connectivity index (χ3n) is 4.08. The highest BCUT2D eigenvalue weighted by Gasteiger charge is 2.38. The Kier molecular flexibility index (Phi) is 4.15. The first kappa shape index (κ1) is 16.0. The summed E-state index contributed by atoms with van der Waals surface area (Å²) in [6, 6.07) is 3.83. The summed E-state index contributed by atoms with van der Waals surface area (Å²) < 4.78 is 45.6. The van der Waals surface area contributed by atoms with Crippen LogP contribution in [0, 0.1) is 11.7 Å². The molecular formula is C14H18FN3O4S. The summed E-state index contributed by atoms with van der Waals surface area (Å²) >= 11 is 0. The molecule has 1 saturated heterocycles. The van der Waals surface area contributed by atoms with Crippen molar-refractivity contribution < 1.29 is 22.3 Å². The number of ether oxygens (including phenoxy) is 1. The lowest BCUT2D eigenvalue weighted by Crippen LogP contribution is -2.42. The van der Waals surface area contributed by atoms with Crippen molar-refractivity contribution >= 4 is 27.5 Å². The van der Waals surface area contributed by atoms with Gasteiger partial charge in [-0.3, -0.25) is 9.10 Å². The molecule has 1 aromatic carbocycles. The molecule has 2 heterocycles. The first-order valence-corrected chi connectivity index (χ1v) is 8.72. The van der Waals surface area contributed by atoms with Gasteiger partial charge in [-0.1, -0.05) is 0 Å². The Labute approximate surface area is 134 Å². The van der Waals surface area contributed by atoms with Crippen LogP contribution in [-0.2, 0) is 19.7 Å². The minimum Gasteiger partial charge on any atom is -0.381 e. The molecule has 0 radical (unpaired) electrons. The number of hydrogen-bond acceptors (Lipinski definition) is 4. The van der Waals surface area contributed by atoms with Gasteiger partial charge in [0.05, 0.1) is 30.4 Å². The molecule has 1 N–H and O–H groups in total. The van der Waals surface area contributed by atoms with Crippen LogP contribution in [-0.4, -0.2) is 47.7 Å². The molecule has 1 amide bonds. The Balaban J connectivity index is 1.70. The van der Waals surface area contributed by atoms with Crippen molar-refractivity contribution in [2.24, 2.45) is 5.92 Å². The summed E-state index contributed by atoms with van der Waals surface area (Å²) in [6.07, 6.45) is 0.671. The fraction of sp³-hybridized carbons (Fsp3) is 0.500. The van der Waals surface area contributed by atoms with E-state index in [0.717, 1.165) is 8.61 Å². The summed E-state index contributed by atoms with van der Waals surface area (Å²) in [5.74, 6) is -0.837. The largest absolute Gasteiger partial charge is 0.381 e. The van der Waals surface area contributed by atoms with Crippen LogP contribution < -0.4 is 13.9 Å². The summed E-state index contributed by atoms with van der Waals surface area (Å²) in [4.78, 5) is 11.9. The zero-order valence-corrected chi connectivity index (χ0v) is 13.5. The van der Waals surface area contributed by atoms with Crippen LogP contribution >= 0.6 is 0 Å². The van der Waals surface area contributed by atoms with Crippen molar-refractivity contribution in [1.82, 2.24) is 5.32 Å². The standard InChI is InChI=1S/C14H18FN3O4S/c1-17-12-3-2-11(15)8-13(12)18(23(17,20)21)6-5-16-14(19)10-4-7-22-9-10/h2-3,8,10H,4-7,9H2,1H3,(H,16,19)/t10-/m1/s1. The highest BCUT2D eigenvalue weighted by molar-refractivity contribution is 7.94. The maximum absolute atomic E-state index is 13.4. The average Bonchev–Trinajstić information content (AvgIpc) is 3.09. The normalized spacial score (nSPS) is 22.3. The second-order valence-corrected chi connectivity index (χ2v) is 7.42. The van der Waals surface area contributed by atoms with Gasteiger partial charge in [-0.2, -0.15) is 8.42 Å². The maximum atomic E-state index is 13.4. The number of amides is 1. The van der Waals surface area contributed by atoms with Gasteiger partial charge in [0, 0.05) is 26.3 Å². The van der Waals surface area contributed by atoms with Crippen LogP contribution in [0.4, 0.5) is 15.8 Å². The molecule has 0 aliphatic carbocycles. The second kappa shape index (κ2) is 5.97. The Morgan fingerprint density at radius 2 is 2.22 bits per heavy atom. The SMILES string of the molecule is CN1c2ccc(F)cc2N(CCNC(=O)[C@@H]2CCOC2)S1(=O)=O.